The highest BCUT2D eigenvalue weighted by atomic mass is 19.4. The molecule has 7 heteroatoms. The fraction of sp³-hybridized carbons (Fsp3) is 0.500. The van der Waals surface area contributed by atoms with Gasteiger partial charge in [-0.15, -0.1) is 0 Å². The van der Waals surface area contributed by atoms with Crippen molar-refractivity contribution in [3.63, 3.8) is 0 Å². The molecule has 118 valence electrons. The average molecular weight is 305 g/mol. The van der Waals surface area contributed by atoms with E-state index in [0.717, 1.165) is 5.56 Å². The maximum absolute atomic E-state index is 11.8. The number of aliphatic hydroxyl groups is 1. The molecule has 0 spiro atoms. The van der Waals surface area contributed by atoms with E-state index >= 15 is 0 Å². The number of aliphatic hydroxyl groups excluding tert-OH is 1. The molecule has 1 aromatic rings. The van der Waals surface area contributed by atoms with Gasteiger partial charge in [0, 0.05) is 6.42 Å². The molecule has 0 saturated heterocycles. The summed E-state index contributed by atoms with van der Waals surface area (Å²) in [6.45, 7) is -1.92. The minimum atomic E-state index is -4.39. The van der Waals surface area contributed by atoms with Crippen molar-refractivity contribution in [3.05, 3.63) is 35.9 Å². The smallest absolute Gasteiger partial charge is 0.394 e. The summed E-state index contributed by atoms with van der Waals surface area (Å²) in [7, 11) is 0. The maximum atomic E-state index is 11.8. The van der Waals surface area contributed by atoms with E-state index in [1.165, 1.54) is 0 Å². The first-order valence-corrected chi connectivity index (χ1v) is 6.49. The lowest BCUT2D eigenvalue weighted by atomic mass is 10.1. The molecule has 21 heavy (non-hydrogen) atoms. The molecule has 1 rings (SSSR count). The summed E-state index contributed by atoms with van der Waals surface area (Å²) >= 11 is 0. The fourth-order valence-corrected chi connectivity index (χ4v) is 1.71. The third-order valence-corrected chi connectivity index (χ3v) is 2.65. The summed E-state index contributed by atoms with van der Waals surface area (Å²) < 4.78 is 39.8. The Kier molecular flexibility index (Phi) is 7.18. The highest BCUT2D eigenvalue weighted by Crippen LogP contribution is 2.14. The number of amides is 1. The normalized spacial score (nSPS) is 13.0. The lowest BCUT2D eigenvalue weighted by Crippen LogP contribution is -2.39. The Morgan fingerprint density at radius 1 is 1.29 bits per heavy atom. The van der Waals surface area contributed by atoms with Crippen molar-refractivity contribution in [2.75, 3.05) is 19.8 Å². The van der Waals surface area contributed by atoms with Gasteiger partial charge >= 0.3 is 6.18 Å². The predicted molar refractivity (Wildman–Crippen MR) is 70.7 cm³/mol. The molecule has 1 aromatic carbocycles. The lowest BCUT2D eigenvalue weighted by molar-refractivity contribution is -0.174. The van der Waals surface area contributed by atoms with Gasteiger partial charge in [0.05, 0.1) is 19.3 Å². The third kappa shape index (κ3) is 8.31. The summed E-state index contributed by atoms with van der Waals surface area (Å²) in [6, 6.07) is 8.80. The number of benzene rings is 1. The zero-order valence-corrected chi connectivity index (χ0v) is 11.4. The topological polar surface area (TPSA) is 58.6 Å². The molecule has 0 aliphatic rings. The van der Waals surface area contributed by atoms with Crippen LogP contribution in [0.3, 0.4) is 0 Å². The van der Waals surface area contributed by atoms with Crippen LogP contribution in [0.4, 0.5) is 13.2 Å². The van der Waals surface area contributed by atoms with E-state index in [0.29, 0.717) is 6.42 Å². The van der Waals surface area contributed by atoms with Crippen molar-refractivity contribution in [1.82, 2.24) is 5.32 Å². The van der Waals surface area contributed by atoms with Crippen molar-refractivity contribution in [2.45, 2.75) is 25.1 Å². The molecule has 0 heterocycles. The number of carbonyl (C=O) groups is 1. The van der Waals surface area contributed by atoms with Crippen LogP contribution in [0, 0.1) is 0 Å². The van der Waals surface area contributed by atoms with Crippen LogP contribution >= 0.6 is 0 Å². The standard InChI is InChI=1S/C14H18F3NO3/c15-14(16,17)10-21-7-6-13(20)18-12(9-19)8-11-4-2-1-3-5-11/h1-5,12,19H,6-10H2,(H,18,20)/t12-/m1/s1. The van der Waals surface area contributed by atoms with Crippen LogP contribution in [0.1, 0.15) is 12.0 Å². The van der Waals surface area contributed by atoms with E-state index in [1.54, 1.807) is 0 Å². The Hall–Kier alpha value is -1.60. The van der Waals surface area contributed by atoms with Crippen molar-refractivity contribution in [3.8, 4) is 0 Å². The summed E-state index contributed by atoms with van der Waals surface area (Å²) in [5.41, 5.74) is 0.949. The first-order chi connectivity index (χ1) is 9.90. The zero-order valence-electron chi connectivity index (χ0n) is 11.4. The number of nitrogens with one attached hydrogen (secondary N) is 1. The van der Waals surface area contributed by atoms with Gasteiger partial charge in [-0.25, -0.2) is 0 Å². The molecule has 0 saturated carbocycles. The van der Waals surface area contributed by atoms with Crippen molar-refractivity contribution in [2.24, 2.45) is 0 Å². The maximum Gasteiger partial charge on any atom is 0.411 e. The van der Waals surface area contributed by atoms with Gasteiger partial charge in [0.2, 0.25) is 5.91 Å². The molecule has 2 N–H and O–H groups in total. The van der Waals surface area contributed by atoms with E-state index in [1.807, 2.05) is 30.3 Å². The molecule has 0 unspecified atom stereocenters. The molecule has 1 atom stereocenters. The second kappa shape index (κ2) is 8.63. The predicted octanol–water partition coefficient (Wildman–Crippen LogP) is 1.68. The molecule has 0 radical (unpaired) electrons. The molecule has 0 aromatic heterocycles. The van der Waals surface area contributed by atoms with E-state index in [9.17, 15) is 23.1 Å². The average Bonchev–Trinajstić information content (AvgIpc) is 2.43. The number of hydrogen-bond acceptors (Lipinski definition) is 3. The quantitative estimate of drug-likeness (QED) is 0.718. The summed E-state index contributed by atoms with van der Waals surface area (Å²) in [5.74, 6) is -0.452. The van der Waals surface area contributed by atoms with Crippen LogP contribution < -0.4 is 5.32 Å². The van der Waals surface area contributed by atoms with Crippen LogP contribution in [-0.2, 0) is 16.0 Å². The minimum absolute atomic E-state index is 0.179. The zero-order chi connectivity index (χ0) is 15.7. The molecule has 0 aliphatic heterocycles. The van der Waals surface area contributed by atoms with Crippen molar-refractivity contribution >= 4 is 5.91 Å². The Labute approximate surface area is 120 Å². The minimum Gasteiger partial charge on any atom is -0.394 e. The second-order valence-corrected chi connectivity index (χ2v) is 4.55. The van der Waals surface area contributed by atoms with Gasteiger partial charge in [0.25, 0.3) is 0 Å². The Morgan fingerprint density at radius 2 is 1.95 bits per heavy atom. The number of ether oxygens (including phenoxy) is 1. The van der Waals surface area contributed by atoms with Crippen LogP contribution in [0.15, 0.2) is 30.3 Å². The second-order valence-electron chi connectivity index (χ2n) is 4.55. The molecular weight excluding hydrogens is 287 g/mol. The van der Waals surface area contributed by atoms with E-state index < -0.39 is 24.7 Å². The molecule has 4 nitrogen and oxygen atoms in total. The van der Waals surface area contributed by atoms with Gasteiger partial charge < -0.3 is 15.2 Å². The monoisotopic (exact) mass is 305 g/mol. The molecule has 0 aliphatic carbocycles. The molecule has 1 amide bonds. The van der Waals surface area contributed by atoms with Gasteiger partial charge in [0.15, 0.2) is 0 Å². The van der Waals surface area contributed by atoms with E-state index in [2.05, 4.69) is 10.1 Å². The SMILES string of the molecule is O=C(CCOCC(F)(F)F)N[C@@H](CO)Cc1ccccc1. The highest BCUT2D eigenvalue weighted by Gasteiger charge is 2.27. The number of hydrogen-bond donors (Lipinski definition) is 2. The van der Waals surface area contributed by atoms with Gasteiger partial charge in [0.1, 0.15) is 6.61 Å². The van der Waals surface area contributed by atoms with Gasteiger partial charge in [-0.2, -0.15) is 13.2 Å². The van der Waals surface area contributed by atoms with Crippen molar-refractivity contribution in [1.29, 1.82) is 0 Å². The van der Waals surface area contributed by atoms with E-state index in [4.69, 9.17) is 0 Å². The third-order valence-electron chi connectivity index (χ3n) is 2.65. The fourth-order valence-electron chi connectivity index (χ4n) is 1.71. The first kappa shape index (κ1) is 17.5. The highest BCUT2D eigenvalue weighted by molar-refractivity contribution is 5.76. The van der Waals surface area contributed by atoms with Crippen LogP contribution in [0.2, 0.25) is 0 Å². The van der Waals surface area contributed by atoms with Crippen LogP contribution in [0.25, 0.3) is 0 Å². The summed E-state index contributed by atoms with van der Waals surface area (Å²) in [5, 5.41) is 11.8. The van der Waals surface area contributed by atoms with Gasteiger partial charge in [-0.3, -0.25) is 4.79 Å². The van der Waals surface area contributed by atoms with Gasteiger partial charge in [-0.1, -0.05) is 30.3 Å². The lowest BCUT2D eigenvalue weighted by Gasteiger charge is -2.16. The number of rotatable bonds is 8. The first-order valence-electron chi connectivity index (χ1n) is 6.49. The Bertz CT molecular complexity index is 423. The summed E-state index contributed by atoms with van der Waals surface area (Å²) in [4.78, 5) is 11.5. The Morgan fingerprint density at radius 3 is 2.52 bits per heavy atom. The molecule has 0 fully saturated rings. The molecular formula is C14H18F3NO3. The Balaban J connectivity index is 2.28. The number of carbonyl (C=O) groups excluding carboxylic acids is 1. The largest absolute Gasteiger partial charge is 0.411 e. The van der Waals surface area contributed by atoms with Crippen LogP contribution in [-0.4, -0.2) is 43.1 Å². The molecule has 0 bridgehead atoms. The van der Waals surface area contributed by atoms with Crippen LogP contribution in [0.5, 0.6) is 0 Å². The number of halogens is 3. The summed E-state index contributed by atoms with van der Waals surface area (Å²) in [6.07, 6.45) is -4.12. The van der Waals surface area contributed by atoms with E-state index in [-0.39, 0.29) is 19.6 Å². The number of alkyl halides is 3. The van der Waals surface area contributed by atoms with Gasteiger partial charge in [-0.05, 0) is 12.0 Å². The van der Waals surface area contributed by atoms with Crippen molar-refractivity contribution < 1.29 is 27.8 Å².